The number of amides is 1. The second-order valence-electron chi connectivity index (χ2n) is 6.75. The molecule has 0 aromatic rings. The van der Waals surface area contributed by atoms with E-state index in [2.05, 4.69) is 33.0 Å². The monoisotopic (exact) mass is 287 g/mol. The second kappa shape index (κ2) is 6.98. The number of aliphatic hydroxyl groups is 1. The van der Waals surface area contributed by atoms with Gasteiger partial charge in [-0.1, -0.05) is 34.1 Å². The van der Waals surface area contributed by atoms with Crippen LogP contribution in [0.3, 0.4) is 0 Å². The van der Waals surface area contributed by atoms with Gasteiger partial charge in [-0.2, -0.15) is 0 Å². The van der Waals surface area contributed by atoms with Crippen LogP contribution in [-0.4, -0.2) is 33.7 Å². The van der Waals surface area contributed by atoms with E-state index in [1.807, 2.05) is 0 Å². The maximum atomic E-state index is 11.8. The fourth-order valence-electron chi connectivity index (χ4n) is 2.40. The Hall–Kier alpha value is -0.220. The fourth-order valence-corrected chi connectivity index (χ4v) is 3.06. The van der Waals surface area contributed by atoms with Crippen LogP contribution in [0.4, 0.5) is 0 Å². The van der Waals surface area contributed by atoms with Gasteiger partial charge in [-0.25, -0.2) is 0 Å². The first kappa shape index (κ1) is 16.8. The molecule has 1 fully saturated rings. The SMILES string of the molecule is CCC1CCC(O)(CNC(=O)CSC(C)(C)C)CC1. The minimum absolute atomic E-state index is 0.0333. The molecule has 1 aliphatic carbocycles. The molecule has 4 heteroatoms. The van der Waals surface area contributed by atoms with E-state index in [0.717, 1.165) is 31.6 Å². The summed E-state index contributed by atoms with van der Waals surface area (Å²) in [6.45, 7) is 8.92. The zero-order chi connectivity index (χ0) is 14.5. The highest BCUT2D eigenvalue weighted by Gasteiger charge is 2.32. The van der Waals surface area contributed by atoms with E-state index in [4.69, 9.17) is 0 Å². The Balaban J connectivity index is 2.26. The van der Waals surface area contributed by atoms with E-state index in [9.17, 15) is 9.90 Å². The van der Waals surface area contributed by atoms with Crippen LogP contribution in [0.15, 0.2) is 0 Å². The number of rotatable bonds is 5. The lowest BCUT2D eigenvalue weighted by atomic mass is 9.78. The number of carbonyl (C=O) groups is 1. The average molecular weight is 287 g/mol. The predicted octanol–water partition coefficient (Wildman–Crippen LogP) is 2.97. The number of carbonyl (C=O) groups excluding carboxylic acids is 1. The van der Waals surface area contributed by atoms with Gasteiger partial charge in [0.25, 0.3) is 0 Å². The zero-order valence-electron chi connectivity index (χ0n) is 12.8. The highest BCUT2D eigenvalue weighted by molar-refractivity contribution is 8.01. The summed E-state index contributed by atoms with van der Waals surface area (Å²) >= 11 is 1.64. The van der Waals surface area contributed by atoms with E-state index in [1.54, 1.807) is 11.8 Å². The van der Waals surface area contributed by atoms with E-state index < -0.39 is 5.60 Å². The van der Waals surface area contributed by atoms with Gasteiger partial charge in [0.05, 0.1) is 11.4 Å². The Labute approximate surface area is 121 Å². The van der Waals surface area contributed by atoms with Crippen LogP contribution in [0.25, 0.3) is 0 Å². The molecule has 1 rings (SSSR count). The Bertz CT molecular complexity index is 291. The molecule has 1 amide bonds. The van der Waals surface area contributed by atoms with Crippen LogP contribution in [0.2, 0.25) is 0 Å². The van der Waals surface area contributed by atoms with E-state index in [1.165, 1.54) is 6.42 Å². The Morgan fingerprint density at radius 3 is 2.42 bits per heavy atom. The first-order valence-corrected chi connectivity index (χ1v) is 8.36. The van der Waals surface area contributed by atoms with Gasteiger partial charge in [-0.05, 0) is 31.6 Å². The molecule has 112 valence electrons. The molecule has 0 aromatic heterocycles. The van der Waals surface area contributed by atoms with Crippen molar-refractivity contribution in [2.24, 2.45) is 5.92 Å². The van der Waals surface area contributed by atoms with Gasteiger partial charge in [0.1, 0.15) is 0 Å². The topological polar surface area (TPSA) is 49.3 Å². The molecular weight excluding hydrogens is 258 g/mol. The third-order valence-corrected chi connectivity index (χ3v) is 5.14. The summed E-state index contributed by atoms with van der Waals surface area (Å²) in [5.74, 6) is 1.26. The standard InChI is InChI=1S/C15H29NO2S/c1-5-12-6-8-15(18,9-7-12)11-16-13(17)10-19-14(2,3)4/h12,18H,5-11H2,1-4H3,(H,16,17). The number of hydrogen-bond acceptors (Lipinski definition) is 3. The van der Waals surface area contributed by atoms with Crippen molar-refractivity contribution in [1.82, 2.24) is 5.32 Å². The molecule has 2 N–H and O–H groups in total. The molecule has 0 aromatic carbocycles. The summed E-state index contributed by atoms with van der Waals surface area (Å²) in [6, 6.07) is 0. The molecule has 0 spiro atoms. The van der Waals surface area contributed by atoms with Crippen molar-refractivity contribution in [1.29, 1.82) is 0 Å². The lowest BCUT2D eigenvalue weighted by molar-refractivity contribution is -0.120. The van der Waals surface area contributed by atoms with Gasteiger partial charge in [0.2, 0.25) is 5.91 Å². The summed E-state index contributed by atoms with van der Waals surface area (Å²) in [5.41, 5.74) is -0.673. The van der Waals surface area contributed by atoms with E-state index >= 15 is 0 Å². The minimum Gasteiger partial charge on any atom is -0.388 e. The number of hydrogen-bond donors (Lipinski definition) is 2. The molecule has 0 unspecified atom stereocenters. The molecular formula is C15H29NO2S. The van der Waals surface area contributed by atoms with E-state index in [0.29, 0.717) is 12.3 Å². The van der Waals surface area contributed by atoms with Crippen molar-refractivity contribution >= 4 is 17.7 Å². The highest BCUT2D eigenvalue weighted by Crippen LogP contribution is 2.33. The first-order chi connectivity index (χ1) is 8.74. The smallest absolute Gasteiger partial charge is 0.230 e. The summed E-state index contributed by atoms with van der Waals surface area (Å²) in [4.78, 5) is 11.8. The highest BCUT2D eigenvalue weighted by atomic mass is 32.2. The van der Waals surface area contributed by atoms with Gasteiger partial charge in [-0.15, -0.1) is 11.8 Å². The Morgan fingerprint density at radius 1 is 1.37 bits per heavy atom. The van der Waals surface area contributed by atoms with Crippen LogP contribution in [0.1, 0.15) is 59.8 Å². The molecule has 0 aliphatic heterocycles. The molecule has 0 bridgehead atoms. The van der Waals surface area contributed by atoms with Crippen molar-refractivity contribution in [2.45, 2.75) is 70.1 Å². The van der Waals surface area contributed by atoms with Crippen LogP contribution in [0.5, 0.6) is 0 Å². The second-order valence-corrected chi connectivity index (χ2v) is 8.56. The predicted molar refractivity (Wildman–Crippen MR) is 82.4 cm³/mol. The Morgan fingerprint density at radius 2 is 1.95 bits per heavy atom. The van der Waals surface area contributed by atoms with Gasteiger partial charge in [-0.3, -0.25) is 4.79 Å². The van der Waals surface area contributed by atoms with Crippen LogP contribution in [-0.2, 0) is 4.79 Å². The van der Waals surface area contributed by atoms with Gasteiger partial charge in [0.15, 0.2) is 0 Å². The molecule has 19 heavy (non-hydrogen) atoms. The lowest BCUT2D eigenvalue weighted by Crippen LogP contribution is -2.45. The summed E-state index contributed by atoms with van der Waals surface area (Å²) in [7, 11) is 0. The fraction of sp³-hybridized carbons (Fsp3) is 0.933. The molecule has 1 aliphatic rings. The summed E-state index contributed by atoms with van der Waals surface area (Å²) in [6.07, 6.45) is 5.00. The van der Waals surface area contributed by atoms with Crippen LogP contribution in [0, 0.1) is 5.92 Å². The largest absolute Gasteiger partial charge is 0.388 e. The molecule has 0 radical (unpaired) electrons. The maximum Gasteiger partial charge on any atom is 0.230 e. The number of thioether (sulfide) groups is 1. The first-order valence-electron chi connectivity index (χ1n) is 7.37. The normalized spacial score (nSPS) is 28.2. The van der Waals surface area contributed by atoms with Crippen molar-refractivity contribution in [3.05, 3.63) is 0 Å². The van der Waals surface area contributed by atoms with Crippen LogP contribution >= 0.6 is 11.8 Å². The summed E-state index contributed by atoms with van der Waals surface area (Å²) < 4.78 is 0.105. The zero-order valence-corrected chi connectivity index (χ0v) is 13.6. The lowest BCUT2D eigenvalue weighted by Gasteiger charge is -2.35. The molecule has 3 nitrogen and oxygen atoms in total. The van der Waals surface area contributed by atoms with Crippen LogP contribution < -0.4 is 5.32 Å². The molecule has 1 saturated carbocycles. The third kappa shape index (κ3) is 6.66. The van der Waals surface area contributed by atoms with Crippen molar-refractivity contribution in [2.75, 3.05) is 12.3 Å². The third-order valence-electron chi connectivity index (χ3n) is 3.86. The Kier molecular flexibility index (Phi) is 6.18. The van der Waals surface area contributed by atoms with Gasteiger partial charge < -0.3 is 10.4 Å². The molecule has 0 heterocycles. The van der Waals surface area contributed by atoms with E-state index in [-0.39, 0.29) is 10.7 Å². The average Bonchev–Trinajstić information content (AvgIpc) is 2.34. The maximum absolute atomic E-state index is 11.8. The van der Waals surface area contributed by atoms with Crippen molar-refractivity contribution < 1.29 is 9.90 Å². The molecule has 0 atom stereocenters. The van der Waals surface area contributed by atoms with Gasteiger partial charge in [0, 0.05) is 11.3 Å². The minimum atomic E-state index is -0.673. The quantitative estimate of drug-likeness (QED) is 0.817. The van der Waals surface area contributed by atoms with Gasteiger partial charge >= 0.3 is 0 Å². The van der Waals surface area contributed by atoms with Crippen molar-refractivity contribution in [3.63, 3.8) is 0 Å². The summed E-state index contributed by atoms with van der Waals surface area (Å²) in [5, 5.41) is 13.3. The molecule has 0 saturated heterocycles. The number of nitrogens with one attached hydrogen (secondary N) is 1. The van der Waals surface area contributed by atoms with Crippen molar-refractivity contribution in [3.8, 4) is 0 Å².